The Morgan fingerprint density at radius 1 is 1.43 bits per heavy atom. The Bertz CT molecular complexity index is 329. The summed E-state index contributed by atoms with van der Waals surface area (Å²) in [6.07, 6.45) is -3.83. The molecule has 0 bridgehead atoms. The fraction of sp³-hybridized carbons (Fsp3) is 0.143. The molecule has 0 radical (unpaired) electrons. The van der Waals surface area contributed by atoms with E-state index in [1.54, 1.807) is 0 Å². The highest BCUT2D eigenvalue weighted by Gasteiger charge is 2.22. The van der Waals surface area contributed by atoms with Crippen molar-refractivity contribution in [1.29, 1.82) is 0 Å². The number of anilines is 1. The number of furan rings is 1. The molecule has 14 heavy (non-hydrogen) atoms. The van der Waals surface area contributed by atoms with Gasteiger partial charge in [-0.3, -0.25) is 10.4 Å². The largest absolute Gasteiger partial charge is 0.731 e. The van der Waals surface area contributed by atoms with Gasteiger partial charge in [0.05, 0.1) is 0 Å². The molecule has 1 rings (SSSR count). The number of rotatable bonds is 2. The number of allylic oxidation sites excluding steroid dienone is 1. The second kappa shape index (κ2) is 3.72. The summed E-state index contributed by atoms with van der Waals surface area (Å²) in [5.74, 6) is -0.654. The average Bonchev–Trinajstić information content (AvgIpc) is 2.47. The molecule has 4 nitrogen and oxygen atoms in total. The molecule has 0 saturated heterocycles. The predicted molar refractivity (Wildman–Crippen MR) is 41.4 cm³/mol. The second-order valence-electron chi connectivity index (χ2n) is 2.32. The molecule has 78 valence electrons. The Balaban J connectivity index is 2.74. The van der Waals surface area contributed by atoms with Crippen molar-refractivity contribution in [3.05, 3.63) is 29.2 Å². The summed E-state index contributed by atoms with van der Waals surface area (Å²) in [5.41, 5.74) is 0. The summed E-state index contributed by atoms with van der Waals surface area (Å²) in [6.45, 7) is 0. The molecule has 0 atom stereocenters. The van der Waals surface area contributed by atoms with Gasteiger partial charge in [-0.2, -0.15) is 13.2 Å². The van der Waals surface area contributed by atoms with E-state index in [4.69, 9.17) is 5.21 Å². The van der Waals surface area contributed by atoms with Gasteiger partial charge in [0.1, 0.15) is 5.76 Å². The van der Waals surface area contributed by atoms with Crippen LogP contribution < -0.4 is 5.23 Å². The summed E-state index contributed by atoms with van der Waals surface area (Å²) in [4.78, 5) is 0. The number of hydrogen-bond acceptors (Lipinski definition) is 4. The molecular formula is C7H5F3NO3-. The first-order chi connectivity index (χ1) is 6.38. The van der Waals surface area contributed by atoms with E-state index >= 15 is 0 Å². The fourth-order valence-corrected chi connectivity index (χ4v) is 0.711. The van der Waals surface area contributed by atoms with E-state index in [0.717, 1.165) is 12.1 Å². The van der Waals surface area contributed by atoms with Gasteiger partial charge in [-0.15, -0.1) is 0 Å². The maximum atomic E-state index is 11.7. The van der Waals surface area contributed by atoms with Crippen molar-refractivity contribution < 1.29 is 22.8 Å². The Morgan fingerprint density at radius 3 is 2.50 bits per heavy atom. The fourth-order valence-electron chi connectivity index (χ4n) is 0.711. The predicted octanol–water partition coefficient (Wildman–Crippen LogP) is 2.55. The Hall–Kier alpha value is -1.47. The molecule has 0 aliphatic heterocycles. The van der Waals surface area contributed by atoms with Crippen molar-refractivity contribution in [1.82, 2.24) is 0 Å². The van der Waals surface area contributed by atoms with Crippen molar-refractivity contribution in [3.8, 4) is 0 Å². The van der Waals surface area contributed by atoms with E-state index in [9.17, 15) is 18.4 Å². The lowest BCUT2D eigenvalue weighted by Gasteiger charge is -2.16. The van der Waals surface area contributed by atoms with Crippen LogP contribution in [0.25, 0.3) is 6.08 Å². The molecule has 1 aromatic rings. The van der Waals surface area contributed by atoms with E-state index in [1.807, 2.05) is 0 Å². The molecule has 0 aromatic carbocycles. The maximum Gasteiger partial charge on any atom is 0.409 e. The van der Waals surface area contributed by atoms with E-state index in [-0.39, 0.29) is 11.8 Å². The maximum absolute atomic E-state index is 11.7. The van der Waals surface area contributed by atoms with Gasteiger partial charge in [0, 0.05) is 12.1 Å². The molecule has 1 heterocycles. The SMILES string of the molecule is [O-]N(O)c1ccc(C=CC(F)(F)F)o1. The highest BCUT2D eigenvalue weighted by atomic mass is 19.4. The average molecular weight is 208 g/mol. The normalized spacial score (nSPS) is 12.4. The lowest BCUT2D eigenvalue weighted by atomic mass is 10.4. The van der Waals surface area contributed by atoms with Crippen molar-refractivity contribution in [2.75, 3.05) is 5.23 Å². The van der Waals surface area contributed by atoms with Crippen molar-refractivity contribution in [3.63, 3.8) is 0 Å². The molecular weight excluding hydrogens is 203 g/mol. The third-order valence-electron chi connectivity index (χ3n) is 1.24. The van der Waals surface area contributed by atoms with Crippen LogP contribution in [0.4, 0.5) is 19.1 Å². The highest BCUT2D eigenvalue weighted by molar-refractivity contribution is 5.48. The summed E-state index contributed by atoms with van der Waals surface area (Å²) in [5, 5.41) is 17.9. The monoisotopic (exact) mass is 208 g/mol. The summed E-state index contributed by atoms with van der Waals surface area (Å²) in [7, 11) is 0. The van der Waals surface area contributed by atoms with E-state index < -0.39 is 17.3 Å². The highest BCUT2D eigenvalue weighted by Crippen LogP contribution is 2.21. The van der Waals surface area contributed by atoms with Gasteiger partial charge in [0.15, 0.2) is 0 Å². The molecule has 1 N–H and O–H groups in total. The van der Waals surface area contributed by atoms with Crippen LogP contribution in [0.2, 0.25) is 0 Å². The molecule has 7 heteroatoms. The molecule has 0 saturated carbocycles. The van der Waals surface area contributed by atoms with Crippen LogP contribution in [-0.4, -0.2) is 11.4 Å². The van der Waals surface area contributed by atoms with Crippen LogP contribution in [0.5, 0.6) is 0 Å². The summed E-state index contributed by atoms with van der Waals surface area (Å²) in [6, 6.07) is 2.17. The molecule has 0 fully saturated rings. The van der Waals surface area contributed by atoms with E-state index in [1.165, 1.54) is 0 Å². The van der Waals surface area contributed by atoms with Crippen molar-refractivity contribution in [2.45, 2.75) is 6.18 Å². The van der Waals surface area contributed by atoms with Gasteiger partial charge < -0.3 is 9.62 Å². The van der Waals surface area contributed by atoms with Gasteiger partial charge in [-0.25, -0.2) is 0 Å². The number of halogens is 3. The van der Waals surface area contributed by atoms with E-state index in [2.05, 4.69) is 4.42 Å². The summed E-state index contributed by atoms with van der Waals surface area (Å²) < 4.78 is 39.5. The molecule has 1 aromatic heterocycles. The van der Waals surface area contributed by atoms with Crippen molar-refractivity contribution >= 4 is 12.0 Å². The number of alkyl halides is 3. The van der Waals surface area contributed by atoms with Gasteiger partial charge in [-0.05, 0) is 12.1 Å². The minimum absolute atomic E-state index is 0.0396. The summed E-state index contributed by atoms with van der Waals surface area (Å²) >= 11 is 0. The second-order valence-corrected chi connectivity index (χ2v) is 2.32. The third-order valence-corrected chi connectivity index (χ3v) is 1.24. The van der Waals surface area contributed by atoms with Crippen LogP contribution in [0, 0.1) is 5.21 Å². The molecule has 0 aliphatic carbocycles. The zero-order valence-electron chi connectivity index (χ0n) is 6.65. The Kier molecular flexibility index (Phi) is 2.82. The topological polar surface area (TPSA) is 59.7 Å². The quantitative estimate of drug-likeness (QED) is 0.758. The van der Waals surface area contributed by atoms with Crippen LogP contribution >= 0.6 is 0 Å². The van der Waals surface area contributed by atoms with Crippen LogP contribution in [0.15, 0.2) is 22.6 Å². The molecule has 0 spiro atoms. The lowest BCUT2D eigenvalue weighted by molar-refractivity contribution is -0.0791. The smallest absolute Gasteiger partial charge is 0.409 e. The third kappa shape index (κ3) is 3.11. The van der Waals surface area contributed by atoms with Crippen LogP contribution in [0.3, 0.4) is 0 Å². The minimum Gasteiger partial charge on any atom is -0.731 e. The zero-order valence-corrected chi connectivity index (χ0v) is 6.65. The number of nitrogens with zero attached hydrogens (tertiary/aromatic N) is 1. The van der Waals surface area contributed by atoms with Crippen LogP contribution in [0.1, 0.15) is 5.76 Å². The minimum atomic E-state index is -4.44. The first kappa shape index (κ1) is 10.6. The first-order valence-corrected chi connectivity index (χ1v) is 3.40. The molecule has 0 aliphatic rings. The number of hydrogen-bond donors (Lipinski definition) is 1. The van der Waals surface area contributed by atoms with Gasteiger partial charge >= 0.3 is 6.18 Å². The van der Waals surface area contributed by atoms with Gasteiger partial charge in [-0.1, -0.05) is 0 Å². The van der Waals surface area contributed by atoms with Gasteiger partial charge in [0.25, 0.3) is 0 Å². The Labute approximate surface area is 76.4 Å². The van der Waals surface area contributed by atoms with Gasteiger partial charge in [0.2, 0.25) is 5.88 Å². The first-order valence-electron chi connectivity index (χ1n) is 3.40. The zero-order chi connectivity index (χ0) is 10.8. The lowest BCUT2D eigenvalue weighted by Crippen LogP contribution is -2.04. The molecule has 0 amide bonds. The van der Waals surface area contributed by atoms with Crippen LogP contribution in [-0.2, 0) is 0 Å². The standard InChI is InChI=1S/C7H5F3NO3/c8-7(9,10)4-3-5-1-2-6(14-5)11(12)13/h1-4,12H/q-1. The van der Waals surface area contributed by atoms with Crippen molar-refractivity contribution in [2.24, 2.45) is 0 Å². The Morgan fingerprint density at radius 2 is 2.07 bits per heavy atom. The molecule has 0 unspecified atom stereocenters. The van der Waals surface area contributed by atoms with E-state index in [0.29, 0.717) is 6.08 Å².